The van der Waals surface area contributed by atoms with Gasteiger partial charge in [0, 0.05) is 20.8 Å². The van der Waals surface area contributed by atoms with Crippen LogP contribution in [0.1, 0.15) is 138 Å². The van der Waals surface area contributed by atoms with Crippen LogP contribution in [0.3, 0.4) is 0 Å². The standard InChI is InChI=1S/C30H50O10/c1-7-10-13-16-19-25(26(34)38-22(4)31)30(37,28(36)40-24(6)33)29(20-17-14-11-8-2,21-18-15-12-9-3)27(35)39-23(5)32/h25,37H,7-21H2,1-6H3. The minimum absolute atomic E-state index is 0.118. The molecule has 0 aliphatic rings. The lowest BCUT2D eigenvalue weighted by atomic mass is 9.59. The molecule has 10 heteroatoms. The zero-order valence-corrected chi connectivity index (χ0v) is 25.3. The summed E-state index contributed by atoms with van der Waals surface area (Å²) >= 11 is 0. The van der Waals surface area contributed by atoms with Crippen LogP contribution in [0, 0.1) is 11.3 Å². The minimum Gasteiger partial charge on any atom is -0.393 e. The number of aliphatic hydroxyl groups is 1. The van der Waals surface area contributed by atoms with Crippen molar-refractivity contribution in [2.45, 2.75) is 143 Å². The van der Waals surface area contributed by atoms with Crippen LogP contribution >= 0.6 is 0 Å². The van der Waals surface area contributed by atoms with E-state index in [0.29, 0.717) is 38.5 Å². The van der Waals surface area contributed by atoms with E-state index < -0.39 is 52.7 Å². The second kappa shape index (κ2) is 19.5. The molecule has 0 aliphatic carbocycles. The first-order chi connectivity index (χ1) is 18.8. The molecule has 2 unspecified atom stereocenters. The molecule has 0 aromatic heterocycles. The maximum atomic E-state index is 13.9. The third kappa shape index (κ3) is 11.5. The summed E-state index contributed by atoms with van der Waals surface area (Å²) in [4.78, 5) is 76.7. The molecule has 0 bridgehead atoms. The Hall–Kier alpha value is -2.62. The summed E-state index contributed by atoms with van der Waals surface area (Å²) in [5, 5.41) is 12.5. The summed E-state index contributed by atoms with van der Waals surface area (Å²) < 4.78 is 14.8. The highest BCUT2D eigenvalue weighted by Gasteiger charge is 2.67. The Bertz CT molecular complexity index is 837. The van der Waals surface area contributed by atoms with Crippen LogP contribution in [0.5, 0.6) is 0 Å². The van der Waals surface area contributed by atoms with E-state index in [-0.39, 0.29) is 19.3 Å². The average molecular weight is 571 g/mol. The Labute approximate surface area is 238 Å². The van der Waals surface area contributed by atoms with Gasteiger partial charge >= 0.3 is 35.8 Å². The topological polar surface area (TPSA) is 150 Å². The van der Waals surface area contributed by atoms with E-state index in [1.165, 1.54) is 0 Å². The van der Waals surface area contributed by atoms with Crippen molar-refractivity contribution in [1.29, 1.82) is 0 Å². The van der Waals surface area contributed by atoms with Gasteiger partial charge in [-0.25, -0.2) is 4.79 Å². The van der Waals surface area contributed by atoms with Crippen molar-refractivity contribution in [3.8, 4) is 0 Å². The van der Waals surface area contributed by atoms with Crippen LogP contribution in [0.25, 0.3) is 0 Å². The number of unbranched alkanes of at least 4 members (excludes halogenated alkanes) is 9. The lowest BCUT2D eigenvalue weighted by Gasteiger charge is -2.46. The highest BCUT2D eigenvalue weighted by atomic mass is 16.6. The monoisotopic (exact) mass is 570 g/mol. The van der Waals surface area contributed by atoms with E-state index in [4.69, 9.17) is 14.2 Å². The number of rotatable bonds is 20. The molecule has 0 aromatic carbocycles. The third-order valence-corrected chi connectivity index (χ3v) is 7.20. The smallest absolute Gasteiger partial charge is 0.347 e. The molecule has 0 radical (unpaired) electrons. The average Bonchev–Trinajstić information content (AvgIpc) is 2.86. The van der Waals surface area contributed by atoms with Crippen LogP contribution < -0.4 is 0 Å². The fraction of sp³-hybridized carbons (Fsp3) is 0.800. The van der Waals surface area contributed by atoms with E-state index in [0.717, 1.165) is 59.3 Å². The normalized spacial score (nSPS) is 13.6. The van der Waals surface area contributed by atoms with E-state index in [1.54, 1.807) is 0 Å². The Morgan fingerprint density at radius 2 is 0.975 bits per heavy atom. The van der Waals surface area contributed by atoms with E-state index in [2.05, 4.69) is 0 Å². The maximum Gasteiger partial charge on any atom is 0.347 e. The Morgan fingerprint density at radius 1 is 0.575 bits per heavy atom. The highest BCUT2D eigenvalue weighted by molar-refractivity contribution is 6.01. The van der Waals surface area contributed by atoms with Crippen LogP contribution in [-0.2, 0) is 43.0 Å². The summed E-state index contributed by atoms with van der Waals surface area (Å²) in [5.74, 6) is -8.61. The van der Waals surface area contributed by atoms with Crippen molar-refractivity contribution in [3.05, 3.63) is 0 Å². The first-order valence-electron chi connectivity index (χ1n) is 14.7. The maximum absolute atomic E-state index is 13.9. The first kappa shape index (κ1) is 37.4. The molecular weight excluding hydrogens is 520 g/mol. The number of hydrogen-bond acceptors (Lipinski definition) is 10. The van der Waals surface area contributed by atoms with Crippen molar-refractivity contribution in [2.24, 2.45) is 11.3 Å². The van der Waals surface area contributed by atoms with Gasteiger partial charge < -0.3 is 19.3 Å². The number of hydrogen-bond donors (Lipinski definition) is 1. The van der Waals surface area contributed by atoms with Crippen molar-refractivity contribution < 1.29 is 48.1 Å². The molecule has 0 heterocycles. The molecule has 40 heavy (non-hydrogen) atoms. The number of esters is 6. The molecule has 1 N–H and O–H groups in total. The van der Waals surface area contributed by atoms with Crippen LogP contribution in [0.15, 0.2) is 0 Å². The van der Waals surface area contributed by atoms with Crippen LogP contribution in [-0.4, -0.2) is 46.5 Å². The Balaban J connectivity index is 7.33. The van der Waals surface area contributed by atoms with Crippen molar-refractivity contribution in [3.63, 3.8) is 0 Å². The van der Waals surface area contributed by atoms with Crippen LogP contribution in [0.2, 0.25) is 0 Å². The molecule has 0 saturated carbocycles. The predicted molar refractivity (Wildman–Crippen MR) is 147 cm³/mol. The largest absolute Gasteiger partial charge is 0.393 e. The van der Waals surface area contributed by atoms with E-state index >= 15 is 0 Å². The second-order valence-corrected chi connectivity index (χ2v) is 10.5. The van der Waals surface area contributed by atoms with Crippen molar-refractivity contribution in [1.82, 2.24) is 0 Å². The van der Waals surface area contributed by atoms with Gasteiger partial charge in [-0.2, -0.15) is 0 Å². The fourth-order valence-electron chi connectivity index (χ4n) is 5.17. The Kier molecular flexibility index (Phi) is 18.2. The molecule has 0 spiro atoms. The van der Waals surface area contributed by atoms with E-state index in [1.807, 2.05) is 20.8 Å². The molecule has 0 saturated heterocycles. The molecule has 0 amide bonds. The molecule has 2 atom stereocenters. The third-order valence-electron chi connectivity index (χ3n) is 7.20. The van der Waals surface area contributed by atoms with Crippen molar-refractivity contribution in [2.75, 3.05) is 0 Å². The SMILES string of the molecule is CCCCCCC(C(=O)OC(C)=O)C(O)(C(=O)OC(C)=O)C(CCCCCC)(CCCCCC)C(=O)OC(C)=O. The zero-order valence-electron chi connectivity index (χ0n) is 25.3. The van der Waals surface area contributed by atoms with Gasteiger partial charge in [0.15, 0.2) is 5.60 Å². The summed E-state index contributed by atoms with van der Waals surface area (Å²) in [6.07, 6.45) is 7.60. The number of carbonyl (C=O) groups is 6. The molecule has 230 valence electrons. The number of carbonyl (C=O) groups excluding carboxylic acids is 6. The lowest BCUT2D eigenvalue weighted by molar-refractivity contribution is -0.215. The van der Waals surface area contributed by atoms with Gasteiger partial charge in [-0.3, -0.25) is 24.0 Å². The van der Waals surface area contributed by atoms with Gasteiger partial charge in [0.1, 0.15) is 5.41 Å². The van der Waals surface area contributed by atoms with Crippen molar-refractivity contribution >= 4 is 35.8 Å². The summed E-state index contributed by atoms with van der Waals surface area (Å²) in [5.41, 5.74) is -5.08. The highest BCUT2D eigenvalue weighted by Crippen LogP contribution is 2.49. The van der Waals surface area contributed by atoms with Gasteiger partial charge in [-0.15, -0.1) is 0 Å². The first-order valence-corrected chi connectivity index (χ1v) is 14.7. The molecule has 0 rings (SSSR count). The molecule has 0 aliphatic heterocycles. The number of ether oxygens (including phenoxy) is 3. The van der Waals surface area contributed by atoms with Gasteiger partial charge in [0.25, 0.3) is 0 Å². The molecule has 10 nitrogen and oxygen atoms in total. The van der Waals surface area contributed by atoms with Gasteiger partial charge in [-0.05, 0) is 19.3 Å². The minimum atomic E-state index is -2.96. The molecule has 0 aromatic rings. The Morgan fingerprint density at radius 3 is 1.38 bits per heavy atom. The predicted octanol–water partition coefficient (Wildman–Crippen LogP) is 5.50. The summed E-state index contributed by atoms with van der Waals surface area (Å²) in [6, 6.07) is 0. The molecular formula is C30H50O10. The van der Waals surface area contributed by atoms with Gasteiger partial charge in [-0.1, -0.05) is 97.8 Å². The molecule has 0 fully saturated rings. The zero-order chi connectivity index (χ0) is 30.8. The summed E-state index contributed by atoms with van der Waals surface area (Å²) in [6.45, 7) is 8.96. The quantitative estimate of drug-likeness (QED) is 0.0860. The van der Waals surface area contributed by atoms with Crippen LogP contribution in [0.4, 0.5) is 0 Å². The second-order valence-electron chi connectivity index (χ2n) is 10.5. The van der Waals surface area contributed by atoms with Gasteiger partial charge in [0.05, 0.1) is 5.92 Å². The van der Waals surface area contributed by atoms with Gasteiger partial charge in [0.2, 0.25) is 0 Å². The lowest BCUT2D eigenvalue weighted by Crippen LogP contribution is -2.65. The van der Waals surface area contributed by atoms with E-state index in [9.17, 15) is 33.9 Å². The summed E-state index contributed by atoms with van der Waals surface area (Å²) in [7, 11) is 0. The fourth-order valence-corrected chi connectivity index (χ4v) is 5.17.